The van der Waals surface area contributed by atoms with Crippen LogP contribution in [0.2, 0.25) is 0 Å². The third-order valence-electron chi connectivity index (χ3n) is 5.19. The second kappa shape index (κ2) is 7.82. The van der Waals surface area contributed by atoms with Crippen molar-refractivity contribution in [1.82, 2.24) is 10.3 Å². The molecule has 2 heterocycles. The Balaban J connectivity index is 1.58. The maximum atomic E-state index is 13.4. The monoisotopic (exact) mass is 427 g/mol. The van der Waals surface area contributed by atoms with E-state index < -0.39 is 35.0 Å². The first-order valence-electron chi connectivity index (χ1n) is 9.60. The number of amides is 2. The Hall–Kier alpha value is -3.75. The number of ether oxygens (including phenoxy) is 1. The topological polar surface area (TPSA) is 91.5 Å². The quantitative estimate of drug-likeness (QED) is 0.484. The van der Waals surface area contributed by atoms with Crippen LogP contribution in [0.1, 0.15) is 18.9 Å². The number of rotatable bonds is 5. The molecule has 1 aliphatic rings. The van der Waals surface area contributed by atoms with E-state index in [4.69, 9.17) is 4.74 Å². The van der Waals surface area contributed by atoms with Gasteiger partial charge in [0.2, 0.25) is 0 Å². The Kier molecular flexibility index (Phi) is 5.18. The summed E-state index contributed by atoms with van der Waals surface area (Å²) in [6.45, 7) is 1.03. The van der Waals surface area contributed by atoms with E-state index in [-0.39, 0.29) is 25.1 Å². The number of nitrogens with zero attached hydrogens (tertiary/aromatic N) is 1. The average molecular weight is 427 g/mol. The highest BCUT2D eigenvalue weighted by molar-refractivity contribution is 6.17. The van der Waals surface area contributed by atoms with Crippen molar-refractivity contribution in [3.05, 3.63) is 65.9 Å². The summed E-state index contributed by atoms with van der Waals surface area (Å²) in [4.78, 5) is 42.4. The van der Waals surface area contributed by atoms with Crippen molar-refractivity contribution >= 4 is 34.4 Å². The fourth-order valence-electron chi connectivity index (χ4n) is 3.79. The van der Waals surface area contributed by atoms with Gasteiger partial charge in [-0.1, -0.05) is 0 Å². The minimum Gasteiger partial charge on any atom is -0.439 e. The maximum Gasteiger partial charge on any atom is 0.304 e. The molecule has 9 heteroatoms. The zero-order valence-electron chi connectivity index (χ0n) is 16.6. The normalized spacial score (nSPS) is 18.4. The van der Waals surface area contributed by atoms with Gasteiger partial charge in [0.15, 0.2) is 0 Å². The SMILES string of the molecule is CC(=O)O[C@]1(C(=O)NCc2cc(F)cc(F)c2)CCN(c2ccc3[nH]ccc3c2)C1=O. The smallest absolute Gasteiger partial charge is 0.304 e. The van der Waals surface area contributed by atoms with Crippen molar-refractivity contribution in [3.63, 3.8) is 0 Å². The molecule has 3 aromatic rings. The number of carbonyl (C=O) groups excluding carboxylic acids is 3. The van der Waals surface area contributed by atoms with Gasteiger partial charge in [0.05, 0.1) is 0 Å². The third kappa shape index (κ3) is 3.86. The Labute approximate surface area is 176 Å². The van der Waals surface area contributed by atoms with Gasteiger partial charge in [-0.15, -0.1) is 0 Å². The standard InChI is InChI=1S/C22H19F2N3O4/c1-13(28)31-22(20(29)26-12-14-8-16(23)11-17(24)9-14)5-7-27(21(22)30)18-2-3-19-15(10-18)4-6-25-19/h2-4,6,8-11,25H,5,7,12H2,1H3,(H,26,29)/t22-/m0/s1. The fourth-order valence-corrected chi connectivity index (χ4v) is 3.79. The average Bonchev–Trinajstić information content (AvgIpc) is 3.30. The number of anilines is 1. The number of benzene rings is 2. The van der Waals surface area contributed by atoms with Gasteiger partial charge in [-0.2, -0.15) is 0 Å². The highest BCUT2D eigenvalue weighted by Crippen LogP contribution is 2.33. The molecule has 2 aromatic carbocycles. The van der Waals surface area contributed by atoms with Crippen LogP contribution >= 0.6 is 0 Å². The van der Waals surface area contributed by atoms with Crippen LogP contribution in [0.15, 0.2) is 48.7 Å². The summed E-state index contributed by atoms with van der Waals surface area (Å²) < 4.78 is 32.0. The molecule has 1 atom stereocenters. The molecule has 0 aliphatic carbocycles. The molecular formula is C22H19F2N3O4. The van der Waals surface area contributed by atoms with Crippen molar-refractivity contribution in [2.24, 2.45) is 0 Å². The fraction of sp³-hybridized carbons (Fsp3) is 0.227. The van der Waals surface area contributed by atoms with Crippen LogP contribution in [0.25, 0.3) is 10.9 Å². The van der Waals surface area contributed by atoms with Gasteiger partial charge in [-0.05, 0) is 42.0 Å². The molecule has 0 bridgehead atoms. The summed E-state index contributed by atoms with van der Waals surface area (Å²) in [6.07, 6.45) is 1.71. The summed E-state index contributed by atoms with van der Waals surface area (Å²) in [5.41, 5.74) is -0.429. The zero-order chi connectivity index (χ0) is 22.2. The molecule has 0 radical (unpaired) electrons. The number of H-pyrrole nitrogens is 1. The molecule has 2 N–H and O–H groups in total. The molecule has 1 fully saturated rings. The van der Waals surface area contributed by atoms with Crippen LogP contribution in [0.3, 0.4) is 0 Å². The molecule has 0 spiro atoms. The van der Waals surface area contributed by atoms with E-state index >= 15 is 0 Å². The van der Waals surface area contributed by atoms with E-state index in [0.717, 1.165) is 30.0 Å². The maximum absolute atomic E-state index is 13.4. The second-order valence-electron chi connectivity index (χ2n) is 7.34. The lowest BCUT2D eigenvalue weighted by molar-refractivity contribution is -0.170. The predicted octanol–water partition coefficient (Wildman–Crippen LogP) is 2.80. The third-order valence-corrected chi connectivity index (χ3v) is 5.19. The van der Waals surface area contributed by atoms with Crippen LogP contribution < -0.4 is 10.2 Å². The van der Waals surface area contributed by atoms with Gasteiger partial charge in [0, 0.05) is 55.3 Å². The summed E-state index contributed by atoms with van der Waals surface area (Å²) in [7, 11) is 0. The number of carbonyl (C=O) groups is 3. The van der Waals surface area contributed by atoms with E-state index in [1.165, 1.54) is 4.90 Å². The summed E-state index contributed by atoms with van der Waals surface area (Å²) in [6, 6.07) is 10.0. The highest BCUT2D eigenvalue weighted by atomic mass is 19.1. The Bertz CT molecular complexity index is 1170. The molecular weight excluding hydrogens is 408 g/mol. The molecule has 31 heavy (non-hydrogen) atoms. The van der Waals surface area contributed by atoms with Gasteiger partial charge in [-0.25, -0.2) is 8.78 Å². The second-order valence-corrected chi connectivity index (χ2v) is 7.34. The van der Waals surface area contributed by atoms with Crippen LogP contribution in [0.4, 0.5) is 14.5 Å². The number of nitrogens with one attached hydrogen (secondary N) is 2. The number of hydrogen-bond acceptors (Lipinski definition) is 4. The van der Waals surface area contributed by atoms with Gasteiger partial charge in [-0.3, -0.25) is 14.4 Å². The molecule has 1 aromatic heterocycles. The predicted molar refractivity (Wildman–Crippen MR) is 108 cm³/mol. The lowest BCUT2D eigenvalue weighted by Gasteiger charge is -2.26. The zero-order valence-corrected chi connectivity index (χ0v) is 16.6. The molecule has 0 unspecified atom stereocenters. The molecule has 1 aliphatic heterocycles. The van der Waals surface area contributed by atoms with Crippen LogP contribution in [0.5, 0.6) is 0 Å². The number of fused-ring (bicyclic) bond motifs is 1. The van der Waals surface area contributed by atoms with E-state index in [1.807, 2.05) is 12.1 Å². The van der Waals surface area contributed by atoms with Gasteiger partial charge >= 0.3 is 5.97 Å². The van der Waals surface area contributed by atoms with Crippen LogP contribution in [0, 0.1) is 11.6 Å². The Morgan fingerprint density at radius 3 is 2.61 bits per heavy atom. The minimum absolute atomic E-state index is 0.0556. The molecule has 0 saturated carbocycles. The lowest BCUT2D eigenvalue weighted by Crippen LogP contribution is -2.55. The van der Waals surface area contributed by atoms with E-state index in [2.05, 4.69) is 10.3 Å². The van der Waals surface area contributed by atoms with Crippen LogP contribution in [-0.2, 0) is 25.7 Å². The number of aromatic amines is 1. The molecule has 2 amide bonds. The summed E-state index contributed by atoms with van der Waals surface area (Å²) in [5.74, 6) is -3.89. The summed E-state index contributed by atoms with van der Waals surface area (Å²) >= 11 is 0. The number of hydrogen-bond donors (Lipinski definition) is 2. The largest absolute Gasteiger partial charge is 0.439 e. The number of aromatic nitrogens is 1. The van der Waals surface area contributed by atoms with Crippen molar-refractivity contribution in [2.75, 3.05) is 11.4 Å². The Morgan fingerprint density at radius 1 is 1.16 bits per heavy atom. The van der Waals surface area contributed by atoms with Crippen molar-refractivity contribution in [3.8, 4) is 0 Å². The van der Waals surface area contributed by atoms with E-state index in [9.17, 15) is 23.2 Å². The highest BCUT2D eigenvalue weighted by Gasteiger charge is 2.56. The van der Waals surface area contributed by atoms with Crippen molar-refractivity contribution in [1.29, 1.82) is 0 Å². The van der Waals surface area contributed by atoms with Crippen LogP contribution in [-0.4, -0.2) is 34.9 Å². The van der Waals surface area contributed by atoms with Gasteiger partial charge in [0.1, 0.15) is 11.6 Å². The Morgan fingerprint density at radius 2 is 1.90 bits per heavy atom. The number of esters is 1. The van der Waals surface area contributed by atoms with Crippen molar-refractivity contribution < 1.29 is 27.9 Å². The molecule has 4 rings (SSSR count). The van der Waals surface area contributed by atoms with Gasteiger partial charge < -0.3 is 19.9 Å². The van der Waals surface area contributed by atoms with E-state index in [0.29, 0.717) is 11.8 Å². The number of halogens is 2. The molecule has 7 nitrogen and oxygen atoms in total. The lowest BCUT2D eigenvalue weighted by atomic mass is 10.0. The van der Waals surface area contributed by atoms with Gasteiger partial charge in [0.25, 0.3) is 17.4 Å². The first kappa shape index (κ1) is 20.5. The molecule has 160 valence electrons. The van der Waals surface area contributed by atoms with Crippen molar-refractivity contribution in [2.45, 2.75) is 25.5 Å². The first-order chi connectivity index (χ1) is 14.8. The molecule has 1 saturated heterocycles. The van der Waals surface area contributed by atoms with E-state index in [1.54, 1.807) is 18.3 Å². The summed E-state index contributed by atoms with van der Waals surface area (Å²) in [5, 5.41) is 3.35. The first-order valence-corrected chi connectivity index (χ1v) is 9.60. The minimum atomic E-state index is -2.05.